The monoisotopic (exact) mass is 621 g/mol. The molecular formula is C33H45F2N9O. The Morgan fingerprint density at radius 1 is 1.09 bits per heavy atom. The quantitative estimate of drug-likeness (QED) is 0.417. The molecule has 0 unspecified atom stereocenters. The predicted octanol–water partition coefficient (Wildman–Crippen LogP) is 4.64. The average Bonchev–Trinajstić information content (AvgIpc) is 3.67. The van der Waals surface area contributed by atoms with Crippen LogP contribution in [-0.4, -0.2) is 88.3 Å². The molecule has 0 aliphatic carbocycles. The lowest BCUT2D eigenvalue weighted by Crippen LogP contribution is -2.42. The Labute approximate surface area is 263 Å². The molecule has 0 saturated carbocycles. The van der Waals surface area contributed by atoms with E-state index in [0.717, 1.165) is 86.8 Å². The maximum absolute atomic E-state index is 14.6. The molecule has 2 saturated heterocycles. The van der Waals surface area contributed by atoms with Crippen molar-refractivity contribution in [2.24, 2.45) is 13.0 Å². The van der Waals surface area contributed by atoms with Gasteiger partial charge in [-0.1, -0.05) is 0 Å². The van der Waals surface area contributed by atoms with E-state index in [-0.39, 0.29) is 17.6 Å². The van der Waals surface area contributed by atoms with Gasteiger partial charge in [-0.2, -0.15) is 10.2 Å². The van der Waals surface area contributed by atoms with Gasteiger partial charge in [0.15, 0.2) is 5.82 Å². The van der Waals surface area contributed by atoms with Crippen LogP contribution in [-0.2, 0) is 26.4 Å². The Kier molecular flexibility index (Phi) is 8.52. The minimum atomic E-state index is -2.63. The topological polar surface area (TPSA) is 86.5 Å². The van der Waals surface area contributed by atoms with Gasteiger partial charge in [0.25, 0.3) is 6.43 Å². The van der Waals surface area contributed by atoms with Crippen molar-refractivity contribution in [3.63, 3.8) is 0 Å². The second kappa shape index (κ2) is 12.7. The second-order valence-electron chi connectivity index (χ2n) is 13.2. The van der Waals surface area contributed by atoms with Gasteiger partial charge >= 0.3 is 6.03 Å². The van der Waals surface area contributed by atoms with E-state index in [2.05, 4.69) is 30.2 Å². The normalized spacial score (nSPS) is 20.0. The number of urea groups is 1. The first-order valence-corrected chi connectivity index (χ1v) is 16.6. The first-order valence-electron chi connectivity index (χ1n) is 16.6. The third-order valence-corrected chi connectivity index (χ3v) is 10.3. The molecule has 10 nitrogen and oxygen atoms in total. The van der Waals surface area contributed by atoms with Gasteiger partial charge in [-0.3, -0.25) is 9.36 Å². The number of amides is 2. The maximum Gasteiger partial charge on any atom is 0.317 e. The number of likely N-dealkylation sites (tertiary alicyclic amines) is 1. The number of hydrogen-bond acceptors (Lipinski definition) is 6. The summed E-state index contributed by atoms with van der Waals surface area (Å²) in [6.07, 6.45) is 7.84. The number of alkyl halides is 2. The number of fused-ring (bicyclic) bond motifs is 2. The van der Waals surface area contributed by atoms with Crippen molar-refractivity contribution in [3.8, 4) is 11.1 Å². The molecule has 2 fully saturated rings. The van der Waals surface area contributed by atoms with Crippen molar-refractivity contribution in [3.05, 3.63) is 46.9 Å². The van der Waals surface area contributed by atoms with Crippen molar-refractivity contribution in [1.82, 2.24) is 40.0 Å². The SMILES string of the molecule is CNC(=O)N1CCc2c(c(N3CCCc4cc(-c5cnn(C)c5)c(C(F)F)cc43)nn2C2CCN(CC3CCNCC3)CC2)C1. The summed E-state index contributed by atoms with van der Waals surface area (Å²) < 4.78 is 33.0. The largest absolute Gasteiger partial charge is 0.341 e. The van der Waals surface area contributed by atoms with Crippen LogP contribution < -0.4 is 15.5 Å². The summed E-state index contributed by atoms with van der Waals surface area (Å²) >= 11 is 0. The number of halogens is 2. The van der Waals surface area contributed by atoms with Crippen LogP contribution in [0, 0.1) is 5.92 Å². The lowest BCUT2D eigenvalue weighted by molar-refractivity contribution is 0.144. The summed E-state index contributed by atoms with van der Waals surface area (Å²) in [6, 6.07) is 3.78. The van der Waals surface area contributed by atoms with Gasteiger partial charge in [-0.05, 0) is 80.8 Å². The van der Waals surface area contributed by atoms with E-state index < -0.39 is 6.43 Å². The van der Waals surface area contributed by atoms with Gasteiger partial charge in [-0.25, -0.2) is 13.6 Å². The van der Waals surface area contributed by atoms with E-state index in [4.69, 9.17) is 5.10 Å². The number of benzene rings is 1. The number of piperidine rings is 2. The molecule has 1 aromatic carbocycles. The van der Waals surface area contributed by atoms with Gasteiger partial charge in [0.05, 0.1) is 18.8 Å². The Hall–Kier alpha value is -3.51. The van der Waals surface area contributed by atoms with E-state index in [1.54, 1.807) is 37.2 Å². The highest BCUT2D eigenvalue weighted by Crippen LogP contribution is 2.43. The van der Waals surface area contributed by atoms with E-state index in [1.165, 1.54) is 25.1 Å². The lowest BCUT2D eigenvalue weighted by Gasteiger charge is -2.36. The molecule has 0 radical (unpaired) electrons. The molecule has 0 bridgehead atoms. The Balaban J connectivity index is 1.22. The Bertz CT molecular complexity index is 1520. The van der Waals surface area contributed by atoms with Crippen LogP contribution in [0.15, 0.2) is 24.5 Å². The molecule has 45 heavy (non-hydrogen) atoms. The number of rotatable bonds is 6. The molecule has 7 rings (SSSR count). The fourth-order valence-electron chi connectivity index (χ4n) is 7.91. The van der Waals surface area contributed by atoms with Gasteiger partial charge in [0.1, 0.15) is 0 Å². The number of anilines is 2. The molecule has 0 spiro atoms. The van der Waals surface area contributed by atoms with Gasteiger partial charge in [0.2, 0.25) is 0 Å². The van der Waals surface area contributed by atoms with E-state index in [1.807, 2.05) is 11.0 Å². The van der Waals surface area contributed by atoms with E-state index in [0.29, 0.717) is 30.8 Å². The summed E-state index contributed by atoms with van der Waals surface area (Å²) in [5.41, 5.74) is 5.31. The predicted molar refractivity (Wildman–Crippen MR) is 170 cm³/mol. The second-order valence-corrected chi connectivity index (χ2v) is 13.2. The maximum atomic E-state index is 14.6. The van der Waals surface area contributed by atoms with Gasteiger partial charge in [0, 0.05) is 87.5 Å². The highest BCUT2D eigenvalue weighted by atomic mass is 19.3. The van der Waals surface area contributed by atoms with Crippen molar-refractivity contribution < 1.29 is 13.6 Å². The summed E-state index contributed by atoms with van der Waals surface area (Å²) in [4.78, 5) is 19.3. The summed E-state index contributed by atoms with van der Waals surface area (Å²) in [5.74, 6) is 1.59. The molecule has 4 aliphatic rings. The summed E-state index contributed by atoms with van der Waals surface area (Å²) in [5, 5.41) is 15.8. The fraction of sp³-hybridized carbons (Fsp3) is 0.606. The van der Waals surface area contributed by atoms with Crippen molar-refractivity contribution in [2.45, 2.75) is 64.0 Å². The van der Waals surface area contributed by atoms with Crippen LogP contribution in [0.3, 0.4) is 0 Å². The van der Waals surface area contributed by atoms with Crippen LogP contribution in [0.5, 0.6) is 0 Å². The number of hydrogen-bond donors (Lipinski definition) is 2. The summed E-state index contributed by atoms with van der Waals surface area (Å²) in [7, 11) is 3.46. The van der Waals surface area contributed by atoms with Crippen LogP contribution in [0.2, 0.25) is 0 Å². The zero-order chi connectivity index (χ0) is 31.1. The first kappa shape index (κ1) is 30.2. The van der Waals surface area contributed by atoms with Gasteiger partial charge in [-0.15, -0.1) is 0 Å². The van der Waals surface area contributed by atoms with Crippen molar-refractivity contribution in [2.75, 3.05) is 57.8 Å². The smallest absolute Gasteiger partial charge is 0.317 e. The number of carbonyl (C=O) groups is 1. The lowest BCUT2D eigenvalue weighted by atomic mass is 9.92. The number of carbonyl (C=O) groups excluding carboxylic acids is 1. The van der Waals surface area contributed by atoms with E-state index >= 15 is 0 Å². The zero-order valence-electron chi connectivity index (χ0n) is 26.4. The molecule has 4 aliphatic heterocycles. The number of aryl methyl sites for hydroxylation is 2. The minimum Gasteiger partial charge on any atom is -0.341 e. The molecule has 12 heteroatoms. The highest BCUT2D eigenvalue weighted by molar-refractivity contribution is 5.78. The van der Waals surface area contributed by atoms with Crippen molar-refractivity contribution in [1.29, 1.82) is 0 Å². The molecule has 2 amide bonds. The molecule has 6 heterocycles. The highest BCUT2D eigenvalue weighted by Gasteiger charge is 2.35. The fourth-order valence-corrected chi connectivity index (χ4v) is 7.91. The molecule has 0 atom stereocenters. The third kappa shape index (κ3) is 5.94. The standard InChI is InChI=1S/C33H45F2N9O/c1-36-33(45)42-15-9-29-28(21-42)32(39-44(29)25-7-13-41(14-8-25)19-22-5-10-37-11-6-22)43-12-3-4-23-16-26(24-18-38-40(2)20-24)27(31(34)35)17-30(23)43/h16-18,20,22,25,31,37H,3-15,19,21H2,1-2H3,(H,36,45). The van der Waals surface area contributed by atoms with E-state index in [9.17, 15) is 13.6 Å². The summed E-state index contributed by atoms with van der Waals surface area (Å²) in [6.45, 7) is 7.33. The van der Waals surface area contributed by atoms with Crippen LogP contribution in [0.1, 0.15) is 67.0 Å². The average molecular weight is 622 g/mol. The Morgan fingerprint density at radius 3 is 2.60 bits per heavy atom. The molecule has 242 valence electrons. The molecule has 2 N–H and O–H groups in total. The third-order valence-electron chi connectivity index (χ3n) is 10.3. The van der Waals surface area contributed by atoms with Crippen LogP contribution in [0.4, 0.5) is 25.1 Å². The van der Waals surface area contributed by atoms with Crippen LogP contribution in [0.25, 0.3) is 11.1 Å². The molecule has 3 aromatic rings. The zero-order valence-corrected chi connectivity index (χ0v) is 26.4. The van der Waals surface area contributed by atoms with Gasteiger partial charge < -0.3 is 25.3 Å². The molecule has 2 aromatic heterocycles. The number of nitrogens with zero attached hydrogens (tertiary/aromatic N) is 7. The number of aromatic nitrogens is 4. The molecular weight excluding hydrogens is 576 g/mol. The van der Waals surface area contributed by atoms with Crippen molar-refractivity contribution >= 4 is 17.5 Å². The first-order chi connectivity index (χ1) is 21.9. The van der Waals surface area contributed by atoms with Crippen LogP contribution >= 0.6 is 0 Å². The Morgan fingerprint density at radius 2 is 1.89 bits per heavy atom. The number of nitrogens with one attached hydrogen (secondary N) is 2. The minimum absolute atomic E-state index is 0.00931.